The molecule has 0 aliphatic rings. The first-order chi connectivity index (χ1) is 6.74. The van der Waals surface area contributed by atoms with Gasteiger partial charge in [0.2, 0.25) is 0 Å². The summed E-state index contributed by atoms with van der Waals surface area (Å²) in [4.78, 5) is 11.0. The summed E-state index contributed by atoms with van der Waals surface area (Å²) in [7, 11) is 0. The van der Waals surface area contributed by atoms with Crippen LogP contribution in [0, 0.1) is 0 Å². The molecular weight excluding hydrogens is 192 g/mol. The zero-order valence-corrected chi connectivity index (χ0v) is 9.13. The highest BCUT2D eigenvalue weighted by Crippen LogP contribution is 2.11. The van der Waals surface area contributed by atoms with Gasteiger partial charge in [-0.05, 0) is 18.1 Å². The third kappa shape index (κ3) is 3.38. The molecule has 1 aromatic carbocycles. The molecule has 0 radical (unpaired) electrons. The Labute approximate surface area is 90.2 Å². The van der Waals surface area contributed by atoms with Crippen molar-refractivity contribution in [3.05, 3.63) is 41.5 Å². The zero-order chi connectivity index (χ0) is 10.4. The summed E-state index contributed by atoms with van der Waals surface area (Å²) in [6.07, 6.45) is 4.49. The molecule has 0 unspecified atom stereocenters. The van der Waals surface area contributed by atoms with Gasteiger partial charge in [0.15, 0.2) is 0 Å². The Morgan fingerprint density at radius 2 is 2.14 bits per heavy atom. The smallest absolute Gasteiger partial charge is 0.134 e. The SMILES string of the molecule is CC(=O)Cc1ccccc1C=CCS. The van der Waals surface area contributed by atoms with Crippen molar-refractivity contribution < 1.29 is 4.79 Å². The van der Waals surface area contributed by atoms with Gasteiger partial charge in [0, 0.05) is 12.2 Å². The average Bonchev–Trinajstić information content (AvgIpc) is 2.16. The predicted molar refractivity (Wildman–Crippen MR) is 63.7 cm³/mol. The Balaban J connectivity index is 2.90. The Morgan fingerprint density at radius 1 is 1.43 bits per heavy atom. The fraction of sp³-hybridized carbons (Fsp3) is 0.250. The van der Waals surface area contributed by atoms with Crippen molar-refractivity contribution in [3.63, 3.8) is 0 Å². The summed E-state index contributed by atoms with van der Waals surface area (Å²) in [5, 5.41) is 0. The first-order valence-corrected chi connectivity index (χ1v) is 5.22. The van der Waals surface area contributed by atoms with Crippen LogP contribution in [0.1, 0.15) is 18.1 Å². The maximum atomic E-state index is 11.0. The van der Waals surface area contributed by atoms with E-state index >= 15 is 0 Å². The van der Waals surface area contributed by atoms with Crippen molar-refractivity contribution in [2.75, 3.05) is 5.75 Å². The summed E-state index contributed by atoms with van der Waals surface area (Å²) in [6.45, 7) is 1.61. The number of hydrogen-bond acceptors (Lipinski definition) is 2. The molecule has 1 aromatic rings. The molecule has 1 rings (SSSR count). The van der Waals surface area contributed by atoms with E-state index in [2.05, 4.69) is 12.6 Å². The van der Waals surface area contributed by atoms with Crippen LogP contribution < -0.4 is 0 Å². The molecule has 0 spiro atoms. The van der Waals surface area contributed by atoms with Crippen molar-refractivity contribution in [1.29, 1.82) is 0 Å². The zero-order valence-electron chi connectivity index (χ0n) is 8.23. The fourth-order valence-corrected chi connectivity index (χ4v) is 1.41. The summed E-state index contributed by atoms with van der Waals surface area (Å²) in [5.41, 5.74) is 2.19. The second-order valence-electron chi connectivity index (χ2n) is 3.16. The Bertz CT molecular complexity index is 342. The summed E-state index contributed by atoms with van der Waals surface area (Å²) >= 11 is 4.10. The first-order valence-electron chi connectivity index (χ1n) is 4.59. The molecule has 14 heavy (non-hydrogen) atoms. The largest absolute Gasteiger partial charge is 0.300 e. The molecule has 0 saturated heterocycles. The minimum absolute atomic E-state index is 0.191. The molecular formula is C12H14OS. The van der Waals surface area contributed by atoms with Crippen molar-refractivity contribution in [2.45, 2.75) is 13.3 Å². The molecule has 0 fully saturated rings. The lowest BCUT2D eigenvalue weighted by Gasteiger charge is -2.02. The van der Waals surface area contributed by atoms with E-state index in [1.54, 1.807) is 6.92 Å². The van der Waals surface area contributed by atoms with E-state index < -0.39 is 0 Å². The van der Waals surface area contributed by atoms with E-state index in [0.717, 1.165) is 11.1 Å². The molecule has 0 aromatic heterocycles. The van der Waals surface area contributed by atoms with Gasteiger partial charge in [-0.25, -0.2) is 0 Å². The first kappa shape index (κ1) is 11.1. The number of carbonyl (C=O) groups is 1. The molecule has 0 amide bonds. The Morgan fingerprint density at radius 3 is 2.79 bits per heavy atom. The van der Waals surface area contributed by atoms with E-state index in [4.69, 9.17) is 0 Å². The van der Waals surface area contributed by atoms with Gasteiger partial charge in [-0.15, -0.1) is 0 Å². The Hall–Kier alpha value is -1.02. The van der Waals surface area contributed by atoms with Crippen LogP contribution >= 0.6 is 12.6 Å². The van der Waals surface area contributed by atoms with Gasteiger partial charge in [-0.1, -0.05) is 36.4 Å². The van der Waals surface area contributed by atoms with E-state index in [0.29, 0.717) is 12.2 Å². The van der Waals surface area contributed by atoms with Gasteiger partial charge in [-0.2, -0.15) is 12.6 Å². The number of carbonyl (C=O) groups excluding carboxylic acids is 1. The van der Waals surface area contributed by atoms with E-state index in [9.17, 15) is 4.79 Å². The van der Waals surface area contributed by atoms with E-state index in [1.165, 1.54) is 0 Å². The minimum Gasteiger partial charge on any atom is -0.300 e. The van der Waals surface area contributed by atoms with Gasteiger partial charge in [-0.3, -0.25) is 4.79 Å². The van der Waals surface area contributed by atoms with Crippen molar-refractivity contribution in [1.82, 2.24) is 0 Å². The maximum Gasteiger partial charge on any atom is 0.134 e. The molecule has 2 heteroatoms. The number of benzene rings is 1. The minimum atomic E-state index is 0.191. The van der Waals surface area contributed by atoms with Gasteiger partial charge in [0.1, 0.15) is 5.78 Å². The molecule has 0 saturated carbocycles. The number of Topliss-reactive ketones (excluding diaryl/α,β-unsaturated/α-hetero) is 1. The van der Waals surface area contributed by atoms with Gasteiger partial charge in [0.05, 0.1) is 0 Å². The van der Waals surface area contributed by atoms with Crippen molar-refractivity contribution in [3.8, 4) is 0 Å². The summed E-state index contributed by atoms with van der Waals surface area (Å²) < 4.78 is 0. The van der Waals surface area contributed by atoms with E-state index in [1.807, 2.05) is 36.4 Å². The van der Waals surface area contributed by atoms with Crippen molar-refractivity contribution >= 4 is 24.5 Å². The van der Waals surface area contributed by atoms with Crippen LogP contribution in [0.25, 0.3) is 6.08 Å². The standard InChI is InChI=1S/C12H14OS/c1-10(13)9-12-6-3-2-5-11(12)7-4-8-14/h2-7,14H,8-9H2,1H3. The van der Waals surface area contributed by atoms with Crippen LogP contribution in [0.4, 0.5) is 0 Å². The van der Waals surface area contributed by atoms with Crippen LogP contribution in [-0.2, 0) is 11.2 Å². The second kappa shape index (κ2) is 5.66. The summed E-state index contributed by atoms with van der Waals surface area (Å²) in [6, 6.07) is 7.93. The highest BCUT2D eigenvalue weighted by Gasteiger charge is 2.00. The molecule has 0 aliphatic carbocycles. The van der Waals surface area contributed by atoms with Gasteiger partial charge in [0.25, 0.3) is 0 Å². The normalized spacial score (nSPS) is 10.7. The molecule has 0 bridgehead atoms. The van der Waals surface area contributed by atoms with Crippen LogP contribution in [0.3, 0.4) is 0 Å². The van der Waals surface area contributed by atoms with Crippen molar-refractivity contribution in [2.24, 2.45) is 0 Å². The quantitative estimate of drug-likeness (QED) is 0.750. The number of thiol groups is 1. The fourth-order valence-electron chi connectivity index (χ4n) is 1.31. The number of hydrogen-bond donors (Lipinski definition) is 1. The van der Waals surface area contributed by atoms with Gasteiger partial charge < -0.3 is 0 Å². The molecule has 0 aliphatic heterocycles. The Kier molecular flexibility index (Phi) is 4.47. The topological polar surface area (TPSA) is 17.1 Å². The maximum absolute atomic E-state index is 11.0. The molecule has 0 heterocycles. The van der Waals surface area contributed by atoms with Crippen LogP contribution in [-0.4, -0.2) is 11.5 Å². The highest BCUT2D eigenvalue weighted by atomic mass is 32.1. The lowest BCUT2D eigenvalue weighted by Crippen LogP contribution is -1.98. The number of ketones is 1. The van der Waals surface area contributed by atoms with Crippen LogP contribution in [0.15, 0.2) is 30.3 Å². The highest BCUT2D eigenvalue weighted by molar-refractivity contribution is 7.80. The third-order valence-corrected chi connectivity index (χ3v) is 2.11. The number of rotatable bonds is 4. The predicted octanol–water partition coefficient (Wildman–Crippen LogP) is 2.76. The molecule has 0 N–H and O–H groups in total. The molecule has 74 valence electrons. The lowest BCUT2D eigenvalue weighted by atomic mass is 10.0. The average molecular weight is 206 g/mol. The second-order valence-corrected chi connectivity index (χ2v) is 3.53. The third-order valence-electron chi connectivity index (χ3n) is 1.90. The van der Waals surface area contributed by atoms with Crippen LogP contribution in [0.2, 0.25) is 0 Å². The summed E-state index contributed by atoms with van der Waals surface area (Å²) in [5.74, 6) is 0.908. The van der Waals surface area contributed by atoms with Gasteiger partial charge >= 0.3 is 0 Å². The molecule has 0 atom stereocenters. The van der Waals surface area contributed by atoms with E-state index in [-0.39, 0.29) is 5.78 Å². The van der Waals surface area contributed by atoms with Crippen LogP contribution in [0.5, 0.6) is 0 Å². The lowest BCUT2D eigenvalue weighted by molar-refractivity contribution is -0.116. The molecule has 1 nitrogen and oxygen atoms in total. The monoisotopic (exact) mass is 206 g/mol.